The van der Waals surface area contributed by atoms with Gasteiger partial charge in [0.05, 0.1) is 12.2 Å². The van der Waals surface area contributed by atoms with Crippen molar-refractivity contribution in [3.05, 3.63) is 0 Å². The van der Waals surface area contributed by atoms with Crippen LogP contribution in [-0.4, -0.2) is 17.0 Å². The lowest BCUT2D eigenvalue weighted by Gasteiger charge is -2.25. The predicted molar refractivity (Wildman–Crippen MR) is 58.3 cm³/mol. The van der Waals surface area contributed by atoms with Gasteiger partial charge in [-0.25, -0.2) is 0 Å². The minimum Gasteiger partial charge on any atom is -0.374 e. The molecule has 76 valence electrons. The third-order valence-electron chi connectivity index (χ3n) is 3.01. The van der Waals surface area contributed by atoms with Crippen molar-refractivity contribution in [3.63, 3.8) is 0 Å². The lowest BCUT2D eigenvalue weighted by Crippen LogP contribution is -2.26. The molecule has 2 aliphatic carbocycles. The van der Waals surface area contributed by atoms with Crippen molar-refractivity contribution in [2.45, 2.75) is 68.4 Å². The summed E-state index contributed by atoms with van der Waals surface area (Å²) in [5.41, 5.74) is 0. The highest BCUT2D eigenvalue weighted by Gasteiger charge is 2.29. The Hall–Kier alpha value is 0.440. The van der Waals surface area contributed by atoms with Crippen LogP contribution < -0.4 is 0 Å². The fourth-order valence-electron chi connectivity index (χ4n) is 2.01. The highest BCUT2D eigenvalue weighted by atomic mass is 79.9. The normalized spacial score (nSPS) is 36.7. The van der Waals surface area contributed by atoms with E-state index in [-0.39, 0.29) is 0 Å². The van der Waals surface area contributed by atoms with Gasteiger partial charge in [0.2, 0.25) is 0 Å². The number of halogens is 1. The zero-order valence-corrected chi connectivity index (χ0v) is 9.76. The van der Waals surface area contributed by atoms with Crippen LogP contribution in [0.2, 0.25) is 0 Å². The molecule has 1 nitrogen and oxygen atoms in total. The van der Waals surface area contributed by atoms with Gasteiger partial charge in [-0.15, -0.1) is 0 Å². The molecule has 2 saturated carbocycles. The minimum absolute atomic E-state index is 0.507. The second-order valence-electron chi connectivity index (χ2n) is 4.38. The van der Waals surface area contributed by atoms with E-state index in [9.17, 15) is 0 Å². The molecule has 2 heteroatoms. The Bertz CT molecular complexity index is 156. The van der Waals surface area contributed by atoms with Crippen LogP contribution in [0, 0.1) is 0 Å². The molecule has 0 spiro atoms. The molecular formula is C11H19BrO. The molecule has 0 radical (unpaired) electrons. The second-order valence-corrected chi connectivity index (χ2v) is 5.56. The van der Waals surface area contributed by atoms with Gasteiger partial charge in [0.25, 0.3) is 0 Å². The van der Waals surface area contributed by atoms with Crippen molar-refractivity contribution >= 4 is 15.9 Å². The Morgan fingerprint density at radius 1 is 0.846 bits per heavy atom. The van der Waals surface area contributed by atoms with Crippen molar-refractivity contribution in [1.29, 1.82) is 0 Å². The van der Waals surface area contributed by atoms with Crippen LogP contribution in [0.15, 0.2) is 0 Å². The topological polar surface area (TPSA) is 9.23 Å². The van der Waals surface area contributed by atoms with Gasteiger partial charge >= 0.3 is 0 Å². The molecule has 0 aromatic heterocycles. The Kier molecular flexibility index (Phi) is 3.67. The molecule has 2 aliphatic rings. The van der Waals surface area contributed by atoms with Crippen molar-refractivity contribution in [2.24, 2.45) is 0 Å². The van der Waals surface area contributed by atoms with Gasteiger partial charge < -0.3 is 4.74 Å². The first-order valence-electron chi connectivity index (χ1n) is 5.66. The molecule has 0 aliphatic heterocycles. The summed E-state index contributed by atoms with van der Waals surface area (Å²) in [5, 5.41) is 0. The fourth-order valence-corrected chi connectivity index (χ4v) is 2.72. The average Bonchev–Trinajstić information content (AvgIpc) is 2.88. The first kappa shape index (κ1) is 9.97. The smallest absolute Gasteiger partial charge is 0.0703 e. The summed E-state index contributed by atoms with van der Waals surface area (Å²) in [7, 11) is 0. The highest BCUT2D eigenvalue weighted by Crippen LogP contribution is 2.32. The van der Waals surface area contributed by atoms with Crippen LogP contribution in [-0.2, 0) is 4.74 Å². The lowest BCUT2D eigenvalue weighted by atomic mass is 9.98. The van der Waals surface area contributed by atoms with Crippen LogP contribution in [0.1, 0.15) is 51.4 Å². The zero-order valence-electron chi connectivity index (χ0n) is 8.18. The van der Waals surface area contributed by atoms with Gasteiger partial charge in [0.15, 0.2) is 0 Å². The summed E-state index contributed by atoms with van der Waals surface area (Å²) >= 11 is 3.77. The first-order valence-corrected chi connectivity index (χ1v) is 6.57. The van der Waals surface area contributed by atoms with Crippen LogP contribution in [0.4, 0.5) is 0 Å². The van der Waals surface area contributed by atoms with Gasteiger partial charge in [0, 0.05) is 4.83 Å². The average molecular weight is 247 g/mol. The van der Waals surface area contributed by atoms with Crippen LogP contribution in [0.25, 0.3) is 0 Å². The first-order chi connectivity index (χ1) is 6.36. The molecule has 2 atom stereocenters. The van der Waals surface area contributed by atoms with Crippen molar-refractivity contribution in [3.8, 4) is 0 Å². The van der Waals surface area contributed by atoms with E-state index in [4.69, 9.17) is 4.74 Å². The van der Waals surface area contributed by atoms with Crippen molar-refractivity contribution in [1.82, 2.24) is 0 Å². The molecule has 13 heavy (non-hydrogen) atoms. The van der Waals surface area contributed by atoms with Gasteiger partial charge in [-0.2, -0.15) is 0 Å². The van der Waals surface area contributed by atoms with Crippen molar-refractivity contribution in [2.75, 3.05) is 0 Å². The summed E-state index contributed by atoms with van der Waals surface area (Å²) < 4.78 is 6.00. The van der Waals surface area contributed by atoms with E-state index in [0.717, 1.165) is 0 Å². The molecule has 0 aromatic carbocycles. The maximum Gasteiger partial charge on any atom is 0.0703 e. The Morgan fingerprint density at radius 2 is 1.54 bits per heavy atom. The van der Waals surface area contributed by atoms with E-state index in [2.05, 4.69) is 15.9 Å². The lowest BCUT2D eigenvalue weighted by molar-refractivity contribution is 0.0286. The molecule has 2 rings (SSSR count). The van der Waals surface area contributed by atoms with Crippen LogP contribution >= 0.6 is 15.9 Å². The van der Waals surface area contributed by atoms with Gasteiger partial charge in [0.1, 0.15) is 0 Å². The summed E-state index contributed by atoms with van der Waals surface area (Å²) in [6, 6.07) is 0. The number of ether oxygens (including phenoxy) is 1. The SMILES string of the molecule is BrC1CCCCCCC1OC1CC1. The van der Waals surface area contributed by atoms with Crippen LogP contribution in [0.5, 0.6) is 0 Å². The molecule has 0 N–H and O–H groups in total. The maximum atomic E-state index is 6.00. The summed E-state index contributed by atoms with van der Waals surface area (Å²) in [6.45, 7) is 0. The molecule has 0 aromatic rings. The molecule has 0 amide bonds. The van der Waals surface area contributed by atoms with E-state index >= 15 is 0 Å². The Labute approximate surface area is 89.4 Å². The zero-order chi connectivity index (χ0) is 9.10. The van der Waals surface area contributed by atoms with Gasteiger partial charge in [-0.05, 0) is 25.7 Å². The quantitative estimate of drug-likeness (QED) is 0.677. The second kappa shape index (κ2) is 4.79. The summed E-state index contributed by atoms with van der Waals surface area (Å²) in [4.78, 5) is 0.619. The number of alkyl halides is 1. The number of hydrogen-bond donors (Lipinski definition) is 0. The fraction of sp³-hybridized carbons (Fsp3) is 1.00. The molecule has 0 heterocycles. The van der Waals surface area contributed by atoms with E-state index in [1.807, 2.05) is 0 Å². The highest BCUT2D eigenvalue weighted by molar-refractivity contribution is 9.09. The summed E-state index contributed by atoms with van der Waals surface area (Å²) in [5.74, 6) is 0. The van der Waals surface area contributed by atoms with E-state index in [1.54, 1.807) is 0 Å². The standard InChI is InChI=1S/C11H19BrO/c12-10-5-3-1-2-4-6-11(10)13-9-7-8-9/h9-11H,1-8H2. The van der Waals surface area contributed by atoms with Gasteiger partial charge in [-0.1, -0.05) is 41.6 Å². The Balaban J connectivity index is 1.80. The monoisotopic (exact) mass is 246 g/mol. The molecular weight excluding hydrogens is 228 g/mol. The summed E-state index contributed by atoms with van der Waals surface area (Å²) in [6.07, 6.45) is 11.9. The largest absolute Gasteiger partial charge is 0.374 e. The maximum absolute atomic E-state index is 6.00. The third kappa shape index (κ3) is 3.25. The number of rotatable bonds is 2. The minimum atomic E-state index is 0.507. The predicted octanol–water partition coefficient (Wildman–Crippen LogP) is 3.65. The third-order valence-corrected chi connectivity index (χ3v) is 4.06. The van der Waals surface area contributed by atoms with E-state index < -0.39 is 0 Å². The van der Waals surface area contributed by atoms with Gasteiger partial charge in [-0.3, -0.25) is 0 Å². The van der Waals surface area contributed by atoms with Crippen molar-refractivity contribution < 1.29 is 4.74 Å². The molecule has 2 unspecified atom stereocenters. The molecule has 2 fully saturated rings. The Morgan fingerprint density at radius 3 is 2.23 bits per heavy atom. The number of hydrogen-bond acceptors (Lipinski definition) is 1. The van der Waals surface area contributed by atoms with E-state index in [0.29, 0.717) is 17.0 Å². The van der Waals surface area contributed by atoms with Crippen LogP contribution in [0.3, 0.4) is 0 Å². The molecule has 0 saturated heterocycles. The molecule has 0 bridgehead atoms. The van der Waals surface area contributed by atoms with E-state index in [1.165, 1.54) is 51.4 Å².